The molecule has 0 radical (unpaired) electrons. The third-order valence-electron chi connectivity index (χ3n) is 2.39. The average molecular weight is 180 g/mol. The van der Waals surface area contributed by atoms with Crippen molar-refractivity contribution in [1.29, 1.82) is 0 Å². The topological polar surface area (TPSA) is 41.9 Å². The van der Waals surface area contributed by atoms with E-state index in [1.807, 2.05) is 23.1 Å². The lowest BCUT2D eigenvalue weighted by atomic mass is 10.2. The molecule has 0 saturated carbocycles. The quantitative estimate of drug-likeness (QED) is 0.676. The molecule has 13 heavy (non-hydrogen) atoms. The third-order valence-corrected chi connectivity index (χ3v) is 2.39. The SMILES string of the molecule is c1cnn(CCNC2CCNC2)c1. The number of nitrogens with zero attached hydrogens (tertiary/aromatic N) is 2. The second-order valence-electron chi connectivity index (χ2n) is 3.41. The van der Waals surface area contributed by atoms with Crippen LogP contribution >= 0.6 is 0 Å². The molecule has 0 aliphatic carbocycles. The molecule has 1 atom stereocenters. The van der Waals surface area contributed by atoms with Crippen LogP contribution in [0, 0.1) is 0 Å². The van der Waals surface area contributed by atoms with Crippen molar-refractivity contribution in [2.24, 2.45) is 0 Å². The minimum Gasteiger partial charge on any atom is -0.315 e. The fraction of sp³-hybridized carbons (Fsp3) is 0.667. The van der Waals surface area contributed by atoms with Gasteiger partial charge in [-0.25, -0.2) is 0 Å². The molecule has 72 valence electrons. The summed E-state index contributed by atoms with van der Waals surface area (Å²) in [6.07, 6.45) is 5.06. The number of aromatic nitrogens is 2. The first-order valence-corrected chi connectivity index (χ1v) is 4.87. The molecule has 2 rings (SSSR count). The van der Waals surface area contributed by atoms with Crippen molar-refractivity contribution in [3.8, 4) is 0 Å². The summed E-state index contributed by atoms with van der Waals surface area (Å²) in [5.41, 5.74) is 0. The Morgan fingerprint density at radius 2 is 2.62 bits per heavy atom. The molecule has 0 bridgehead atoms. The van der Waals surface area contributed by atoms with Gasteiger partial charge in [-0.05, 0) is 19.0 Å². The van der Waals surface area contributed by atoms with Gasteiger partial charge in [-0.3, -0.25) is 4.68 Å². The molecule has 4 nitrogen and oxygen atoms in total. The number of hydrogen-bond acceptors (Lipinski definition) is 3. The molecule has 2 heterocycles. The highest BCUT2D eigenvalue weighted by Crippen LogP contribution is 1.96. The molecule has 2 N–H and O–H groups in total. The molecule has 1 aliphatic rings. The minimum atomic E-state index is 0.663. The van der Waals surface area contributed by atoms with E-state index in [1.165, 1.54) is 6.42 Å². The first-order valence-electron chi connectivity index (χ1n) is 4.87. The summed E-state index contributed by atoms with van der Waals surface area (Å²) in [5.74, 6) is 0. The summed E-state index contributed by atoms with van der Waals surface area (Å²) in [7, 11) is 0. The lowest BCUT2D eigenvalue weighted by Crippen LogP contribution is -2.33. The second kappa shape index (κ2) is 4.39. The Morgan fingerprint density at radius 1 is 1.62 bits per heavy atom. The van der Waals surface area contributed by atoms with Crippen molar-refractivity contribution >= 4 is 0 Å². The van der Waals surface area contributed by atoms with Gasteiger partial charge in [0.1, 0.15) is 0 Å². The normalized spacial score (nSPS) is 22.3. The van der Waals surface area contributed by atoms with Gasteiger partial charge in [-0.1, -0.05) is 0 Å². The molecular weight excluding hydrogens is 164 g/mol. The van der Waals surface area contributed by atoms with Crippen molar-refractivity contribution in [1.82, 2.24) is 20.4 Å². The van der Waals surface area contributed by atoms with E-state index >= 15 is 0 Å². The molecule has 1 aromatic rings. The van der Waals surface area contributed by atoms with Gasteiger partial charge >= 0.3 is 0 Å². The van der Waals surface area contributed by atoms with Crippen LogP contribution in [0.4, 0.5) is 0 Å². The standard InChI is InChI=1S/C9H16N4/c1-3-12-13(6-1)7-5-11-9-2-4-10-8-9/h1,3,6,9-11H,2,4-5,7-8H2. The largest absolute Gasteiger partial charge is 0.315 e. The molecule has 4 heteroatoms. The molecule has 1 fully saturated rings. The highest BCUT2D eigenvalue weighted by molar-refractivity contribution is 4.79. The Balaban J connectivity index is 1.63. The number of nitrogens with one attached hydrogen (secondary N) is 2. The Hall–Kier alpha value is -0.870. The third kappa shape index (κ3) is 2.54. The summed E-state index contributed by atoms with van der Waals surface area (Å²) >= 11 is 0. The summed E-state index contributed by atoms with van der Waals surface area (Å²) < 4.78 is 1.95. The predicted octanol–water partition coefficient (Wildman–Crippen LogP) is -0.165. The van der Waals surface area contributed by atoms with Crippen LogP contribution < -0.4 is 10.6 Å². The van der Waals surface area contributed by atoms with Crippen LogP contribution in [-0.2, 0) is 6.54 Å². The van der Waals surface area contributed by atoms with Gasteiger partial charge in [0, 0.05) is 31.5 Å². The number of rotatable bonds is 4. The molecule has 1 saturated heterocycles. The highest BCUT2D eigenvalue weighted by Gasteiger charge is 2.12. The first kappa shape index (κ1) is 8.72. The van der Waals surface area contributed by atoms with Gasteiger partial charge in [0.05, 0.1) is 6.54 Å². The smallest absolute Gasteiger partial charge is 0.0534 e. The van der Waals surface area contributed by atoms with Gasteiger partial charge in [0.25, 0.3) is 0 Å². The van der Waals surface area contributed by atoms with E-state index < -0.39 is 0 Å². The van der Waals surface area contributed by atoms with Crippen molar-refractivity contribution in [2.75, 3.05) is 19.6 Å². The van der Waals surface area contributed by atoms with Crippen LogP contribution in [0.15, 0.2) is 18.5 Å². The Bertz CT molecular complexity index is 226. The van der Waals surface area contributed by atoms with Gasteiger partial charge in [-0.2, -0.15) is 5.10 Å². The van der Waals surface area contributed by atoms with Crippen LogP contribution in [0.3, 0.4) is 0 Å². The van der Waals surface area contributed by atoms with Crippen LogP contribution in [0.5, 0.6) is 0 Å². The van der Waals surface area contributed by atoms with Gasteiger partial charge in [0.15, 0.2) is 0 Å². The molecular formula is C9H16N4. The fourth-order valence-electron chi connectivity index (χ4n) is 1.64. The van der Waals surface area contributed by atoms with E-state index in [4.69, 9.17) is 0 Å². The maximum atomic E-state index is 4.14. The zero-order valence-corrected chi connectivity index (χ0v) is 7.74. The molecule has 1 aliphatic heterocycles. The van der Waals surface area contributed by atoms with E-state index in [0.29, 0.717) is 6.04 Å². The van der Waals surface area contributed by atoms with Gasteiger partial charge in [0.2, 0.25) is 0 Å². The van der Waals surface area contributed by atoms with E-state index in [2.05, 4.69) is 15.7 Å². The average Bonchev–Trinajstić information content (AvgIpc) is 2.75. The van der Waals surface area contributed by atoms with E-state index in [-0.39, 0.29) is 0 Å². The molecule has 0 amide bonds. The van der Waals surface area contributed by atoms with Gasteiger partial charge < -0.3 is 10.6 Å². The first-order chi connectivity index (χ1) is 6.45. The zero-order chi connectivity index (χ0) is 8.93. The van der Waals surface area contributed by atoms with Crippen LogP contribution in [0.25, 0.3) is 0 Å². The van der Waals surface area contributed by atoms with Crippen molar-refractivity contribution in [2.45, 2.75) is 19.0 Å². The van der Waals surface area contributed by atoms with E-state index in [0.717, 1.165) is 26.2 Å². The molecule has 1 unspecified atom stereocenters. The van der Waals surface area contributed by atoms with E-state index in [9.17, 15) is 0 Å². The predicted molar refractivity (Wildman–Crippen MR) is 51.5 cm³/mol. The lowest BCUT2D eigenvalue weighted by molar-refractivity contribution is 0.494. The summed E-state index contributed by atoms with van der Waals surface area (Å²) in [6.45, 7) is 4.23. The second-order valence-corrected chi connectivity index (χ2v) is 3.41. The Morgan fingerprint density at radius 3 is 3.31 bits per heavy atom. The van der Waals surface area contributed by atoms with Crippen molar-refractivity contribution in [3.63, 3.8) is 0 Å². The maximum absolute atomic E-state index is 4.14. The number of hydrogen-bond donors (Lipinski definition) is 2. The van der Waals surface area contributed by atoms with E-state index in [1.54, 1.807) is 0 Å². The van der Waals surface area contributed by atoms with Crippen LogP contribution in [0.1, 0.15) is 6.42 Å². The zero-order valence-electron chi connectivity index (χ0n) is 7.74. The summed E-state index contributed by atoms with van der Waals surface area (Å²) in [4.78, 5) is 0. The molecule has 1 aromatic heterocycles. The van der Waals surface area contributed by atoms with Crippen molar-refractivity contribution < 1.29 is 0 Å². The Labute approximate surface area is 78.3 Å². The van der Waals surface area contributed by atoms with Crippen molar-refractivity contribution in [3.05, 3.63) is 18.5 Å². The monoisotopic (exact) mass is 180 g/mol. The lowest BCUT2D eigenvalue weighted by Gasteiger charge is -2.10. The Kier molecular flexibility index (Phi) is 2.94. The van der Waals surface area contributed by atoms with Crippen LogP contribution in [0.2, 0.25) is 0 Å². The van der Waals surface area contributed by atoms with Crippen LogP contribution in [-0.4, -0.2) is 35.5 Å². The maximum Gasteiger partial charge on any atom is 0.0534 e. The van der Waals surface area contributed by atoms with Gasteiger partial charge in [-0.15, -0.1) is 0 Å². The molecule has 0 spiro atoms. The molecule has 0 aromatic carbocycles. The highest BCUT2D eigenvalue weighted by atomic mass is 15.3. The summed E-state index contributed by atoms with van der Waals surface area (Å²) in [5, 5.41) is 11.0. The summed E-state index contributed by atoms with van der Waals surface area (Å²) in [6, 6.07) is 2.62. The fourth-order valence-corrected chi connectivity index (χ4v) is 1.64. The minimum absolute atomic E-state index is 0.663.